The van der Waals surface area contributed by atoms with Crippen LogP contribution in [-0.4, -0.2) is 37.4 Å². The second kappa shape index (κ2) is 8.55. The van der Waals surface area contributed by atoms with Gasteiger partial charge in [-0.15, -0.1) is 0 Å². The third kappa shape index (κ3) is 4.26. The molecule has 1 aliphatic heterocycles. The second-order valence-corrected chi connectivity index (χ2v) is 6.42. The number of hydrogen-bond acceptors (Lipinski definition) is 6. The summed E-state index contributed by atoms with van der Waals surface area (Å²) in [6.07, 6.45) is 3.93. The van der Waals surface area contributed by atoms with Crippen LogP contribution in [-0.2, 0) is 4.79 Å². The van der Waals surface area contributed by atoms with Gasteiger partial charge in [-0.2, -0.15) is 0 Å². The standard InChI is InChI=1S/C21H20N2O6/c1-28-19-12-14(17(23(26)27)13-20(19)29-2)8-9-18(24)15-5-3-6-16(11-15)22-10-4-7-21(22)25/h3,5-6,8-9,11-13H,4,7,10H2,1-2H3/b9-8+. The fraction of sp³-hybridized carbons (Fsp3) is 0.238. The van der Waals surface area contributed by atoms with Crippen LogP contribution in [0.1, 0.15) is 28.8 Å². The summed E-state index contributed by atoms with van der Waals surface area (Å²) in [5.74, 6) is 0.249. The number of nitrogens with zero attached hydrogens (tertiary/aromatic N) is 2. The molecule has 1 heterocycles. The molecule has 0 radical (unpaired) electrons. The first-order chi connectivity index (χ1) is 13.9. The zero-order chi connectivity index (χ0) is 21.0. The number of methoxy groups -OCH3 is 2. The third-order valence-electron chi connectivity index (χ3n) is 4.66. The number of benzene rings is 2. The van der Waals surface area contributed by atoms with Crippen LogP contribution < -0.4 is 14.4 Å². The number of anilines is 1. The molecule has 0 bridgehead atoms. The minimum atomic E-state index is -0.550. The van der Waals surface area contributed by atoms with Crippen LogP contribution in [0, 0.1) is 10.1 Å². The number of ketones is 1. The van der Waals surface area contributed by atoms with E-state index in [1.165, 1.54) is 38.5 Å². The minimum absolute atomic E-state index is 0.0334. The zero-order valence-electron chi connectivity index (χ0n) is 16.1. The normalized spacial score (nSPS) is 13.7. The molecule has 1 fully saturated rings. The maximum absolute atomic E-state index is 12.6. The SMILES string of the molecule is COc1cc(/C=C/C(=O)c2cccc(N3CCCC3=O)c2)c([N+](=O)[O-])cc1OC. The van der Waals surface area contributed by atoms with E-state index in [1.807, 2.05) is 0 Å². The molecule has 8 nitrogen and oxygen atoms in total. The largest absolute Gasteiger partial charge is 0.493 e. The topological polar surface area (TPSA) is 99.0 Å². The van der Waals surface area contributed by atoms with Crippen molar-refractivity contribution < 1.29 is 24.0 Å². The molecule has 0 aromatic heterocycles. The Bertz CT molecular complexity index is 999. The van der Waals surface area contributed by atoms with Crippen LogP contribution in [0.3, 0.4) is 0 Å². The zero-order valence-corrected chi connectivity index (χ0v) is 16.1. The van der Waals surface area contributed by atoms with Gasteiger partial charge in [0.05, 0.1) is 30.8 Å². The predicted octanol–water partition coefficient (Wildman–Crippen LogP) is 3.63. The highest BCUT2D eigenvalue weighted by Gasteiger charge is 2.22. The molecule has 150 valence electrons. The quantitative estimate of drug-likeness (QED) is 0.307. The van der Waals surface area contributed by atoms with E-state index >= 15 is 0 Å². The Kier molecular flexibility index (Phi) is 5.92. The average Bonchev–Trinajstić information content (AvgIpc) is 3.17. The first-order valence-corrected chi connectivity index (χ1v) is 8.98. The van der Waals surface area contributed by atoms with E-state index in [-0.39, 0.29) is 28.7 Å². The summed E-state index contributed by atoms with van der Waals surface area (Å²) in [6, 6.07) is 9.48. The Hall–Kier alpha value is -3.68. The van der Waals surface area contributed by atoms with Crippen molar-refractivity contribution in [2.45, 2.75) is 12.8 Å². The lowest BCUT2D eigenvalue weighted by Gasteiger charge is -2.16. The molecule has 2 aromatic rings. The van der Waals surface area contributed by atoms with Crippen molar-refractivity contribution in [2.75, 3.05) is 25.7 Å². The number of ether oxygens (including phenoxy) is 2. The van der Waals surface area contributed by atoms with Gasteiger partial charge in [0.1, 0.15) is 0 Å². The van der Waals surface area contributed by atoms with Gasteiger partial charge in [-0.3, -0.25) is 19.7 Å². The molecule has 0 N–H and O–H groups in total. The fourth-order valence-electron chi connectivity index (χ4n) is 3.19. The van der Waals surface area contributed by atoms with Gasteiger partial charge in [0.15, 0.2) is 17.3 Å². The van der Waals surface area contributed by atoms with Gasteiger partial charge in [0, 0.05) is 24.2 Å². The molecule has 8 heteroatoms. The lowest BCUT2D eigenvalue weighted by molar-refractivity contribution is -0.385. The highest BCUT2D eigenvalue weighted by atomic mass is 16.6. The summed E-state index contributed by atoms with van der Waals surface area (Å²) in [5, 5.41) is 11.4. The van der Waals surface area contributed by atoms with Crippen LogP contribution in [0.25, 0.3) is 6.08 Å². The highest BCUT2D eigenvalue weighted by Crippen LogP contribution is 2.35. The summed E-state index contributed by atoms with van der Waals surface area (Å²) >= 11 is 0. The molecule has 0 spiro atoms. The Morgan fingerprint density at radius 3 is 2.52 bits per heavy atom. The molecule has 2 aromatic carbocycles. The van der Waals surface area contributed by atoms with Gasteiger partial charge in [0.2, 0.25) is 5.91 Å². The fourth-order valence-corrected chi connectivity index (χ4v) is 3.19. The predicted molar refractivity (Wildman–Crippen MR) is 108 cm³/mol. The highest BCUT2D eigenvalue weighted by molar-refractivity contribution is 6.08. The maximum atomic E-state index is 12.6. The summed E-state index contributed by atoms with van der Waals surface area (Å²) in [4.78, 5) is 37.0. The summed E-state index contributed by atoms with van der Waals surface area (Å²) in [5.41, 5.74) is 1.07. The van der Waals surface area contributed by atoms with Crippen molar-refractivity contribution in [3.8, 4) is 11.5 Å². The van der Waals surface area contributed by atoms with Gasteiger partial charge in [-0.05, 0) is 36.8 Å². The summed E-state index contributed by atoms with van der Waals surface area (Å²) in [7, 11) is 2.81. The number of rotatable bonds is 7. The van der Waals surface area contributed by atoms with Gasteiger partial charge in [-0.1, -0.05) is 12.1 Å². The van der Waals surface area contributed by atoms with Gasteiger partial charge >= 0.3 is 0 Å². The second-order valence-electron chi connectivity index (χ2n) is 6.42. The molecule has 0 saturated carbocycles. The van der Waals surface area contributed by atoms with Crippen molar-refractivity contribution >= 4 is 29.1 Å². The van der Waals surface area contributed by atoms with Crippen LogP contribution in [0.4, 0.5) is 11.4 Å². The molecule has 3 rings (SSSR count). The smallest absolute Gasteiger partial charge is 0.280 e. The van der Waals surface area contributed by atoms with Crippen molar-refractivity contribution in [1.82, 2.24) is 0 Å². The Balaban J connectivity index is 1.89. The molecule has 1 aliphatic rings. The lowest BCUT2D eigenvalue weighted by atomic mass is 10.1. The number of nitro benzene ring substituents is 1. The van der Waals surface area contributed by atoms with E-state index in [0.29, 0.717) is 30.0 Å². The van der Waals surface area contributed by atoms with E-state index < -0.39 is 4.92 Å². The molecule has 0 atom stereocenters. The number of carbonyl (C=O) groups excluding carboxylic acids is 2. The maximum Gasteiger partial charge on any atom is 0.280 e. The van der Waals surface area contributed by atoms with E-state index in [2.05, 4.69) is 0 Å². The molecular weight excluding hydrogens is 376 g/mol. The van der Waals surface area contributed by atoms with Crippen LogP contribution in [0.15, 0.2) is 42.5 Å². The number of amides is 1. The molecule has 0 aliphatic carbocycles. The van der Waals surface area contributed by atoms with Crippen LogP contribution in [0.2, 0.25) is 0 Å². The number of nitro groups is 1. The van der Waals surface area contributed by atoms with Gasteiger partial charge in [-0.25, -0.2) is 0 Å². The van der Waals surface area contributed by atoms with E-state index in [0.717, 1.165) is 6.42 Å². The van der Waals surface area contributed by atoms with E-state index in [1.54, 1.807) is 29.2 Å². The number of allylic oxidation sites excluding steroid dienone is 1. The monoisotopic (exact) mass is 396 g/mol. The molecule has 1 saturated heterocycles. The Morgan fingerprint density at radius 1 is 1.17 bits per heavy atom. The first-order valence-electron chi connectivity index (χ1n) is 8.98. The third-order valence-corrected chi connectivity index (χ3v) is 4.66. The molecule has 29 heavy (non-hydrogen) atoms. The van der Waals surface area contributed by atoms with E-state index in [9.17, 15) is 19.7 Å². The van der Waals surface area contributed by atoms with Gasteiger partial charge in [0.25, 0.3) is 5.69 Å². The molecule has 0 unspecified atom stereocenters. The van der Waals surface area contributed by atoms with Crippen LogP contribution >= 0.6 is 0 Å². The average molecular weight is 396 g/mol. The van der Waals surface area contributed by atoms with E-state index in [4.69, 9.17) is 9.47 Å². The van der Waals surface area contributed by atoms with Crippen molar-refractivity contribution in [3.05, 3.63) is 63.7 Å². The summed E-state index contributed by atoms with van der Waals surface area (Å²) in [6.45, 7) is 0.629. The minimum Gasteiger partial charge on any atom is -0.493 e. The first kappa shape index (κ1) is 20.1. The number of carbonyl (C=O) groups is 2. The van der Waals surface area contributed by atoms with Crippen molar-refractivity contribution in [3.63, 3.8) is 0 Å². The van der Waals surface area contributed by atoms with Crippen molar-refractivity contribution in [1.29, 1.82) is 0 Å². The lowest BCUT2D eigenvalue weighted by Crippen LogP contribution is -2.23. The Morgan fingerprint density at radius 2 is 1.90 bits per heavy atom. The number of hydrogen-bond donors (Lipinski definition) is 0. The Labute approximate surface area is 167 Å². The summed E-state index contributed by atoms with van der Waals surface area (Å²) < 4.78 is 10.3. The molecule has 1 amide bonds. The van der Waals surface area contributed by atoms with Crippen molar-refractivity contribution in [2.24, 2.45) is 0 Å². The molecular formula is C21H20N2O6. The van der Waals surface area contributed by atoms with Gasteiger partial charge < -0.3 is 14.4 Å². The van der Waals surface area contributed by atoms with Crippen LogP contribution in [0.5, 0.6) is 11.5 Å².